The Morgan fingerprint density at radius 3 is 2.56 bits per heavy atom. The van der Waals surface area contributed by atoms with Crippen LogP contribution >= 0.6 is 0 Å². The van der Waals surface area contributed by atoms with Gasteiger partial charge in [-0.25, -0.2) is 0 Å². The third-order valence-corrected chi connectivity index (χ3v) is 0.598. The molecule has 0 aromatic carbocycles. The van der Waals surface area contributed by atoms with Gasteiger partial charge in [-0.05, 0) is 6.92 Å². The average Bonchev–Trinajstić information content (AvgIpc) is 1.85. The molecule has 4 nitrogen and oxygen atoms in total. The standard InChI is InChI=1S/C5H7O4/c1-5(9-4-7)2-8-3-6/h3-5H,1-2H2. The van der Waals surface area contributed by atoms with E-state index in [0.717, 1.165) is 0 Å². The molecular formula is C5H7O4. The minimum absolute atomic E-state index is 0.00222. The van der Waals surface area contributed by atoms with Crippen LogP contribution in [-0.4, -0.2) is 25.7 Å². The Morgan fingerprint density at radius 2 is 2.11 bits per heavy atom. The van der Waals surface area contributed by atoms with Crippen LogP contribution in [0.2, 0.25) is 0 Å². The van der Waals surface area contributed by atoms with E-state index in [1.807, 2.05) is 0 Å². The van der Waals surface area contributed by atoms with Gasteiger partial charge in [0.15, 0.2) is 0 Å². The fourth-order valence-corrected chi connectivity index (χ4v) is 0.264. The Balaban J connectivity index is 3.14. The van der Waals surface area contributed by atoms with Gasteiger partial charge in [0.05, 0.1) is 0 Å². The van der Waals surface area contributed by atoms with Crippen LogP contribution in [0.3, 0.4) is 0 Å². The number of hydrogen-bond acceptors (Lipinski definition) is 4. The Bertz CT molecular complexity index is 91.0. The summed E-state index contributed by atoms with van der Waals surface area (Å²) in [6.45, 7) is 3.86. The normalized spacial score (nSPS) is 11.7. The second-order valence-electron chi connectivity index (χ2n) is 1.28. The molecule has 0 aliphatic heterocycles. The number of carbonyl (C=O) groups excluding carboxylic acids is 2. The largest absolute Gasteiger partial charge is 0.464 e. The van der Waals surface area contributed by atoms with Crippen molar-refractivity contribution in [1.82, 2.24) is 0 Å². The molecule has 0 aliphatic carbocycles. The van der Waals surface area contributed by atoms with Crippen LogP contribution in [0.15, 0.2) is 0 Å². The van der Waals surface area contributed by atoms with Crippen molar-refractivity contribution >= 4 is 12.9 Å². The highest BCUT2D eigenvalue weighted by atomic mass is 16.6. The molecule has 1 unspecified atom stereocenters. The van der Waals surface area contributed by atoms with Crippen molar-refractivity contribution in [3.63, 3.8) is 0 Å². The molecule has 0 bridgehead atoms. The third-order valence-electron chi connectivity index (χ3n) is 0.598. The third kappa shape index (κ3) is 4.80. The van der Waals surface area contributed by atoms with E-state index in [0.29, 0.717) is 0 Å². The van der Waals surface area contributed by atoms with E-state index >= 15 is 0 Å². The Hall–Kier alpha value is -1.06. The SMILES string of the molecule is [CH2]C(COC=O)OC=O. The summed E-state index contributed by atoms with van der Waals surface area (Å²) in [5, 5.41) is 0. The summed E-state index contributed by atoms with van der Waals surface area (Å²) in [6, 6.07) is 0. The maximum absolute atomic E-state index is 9.57. The molecule has 0 fully saturated rings. The monoisotopic (exact) mass is 131 g/mol. The summed E-state index contributed by atoms with van der Waals surface area (Å²) in [7, 11) is 0. The van der Waals surface area contributed by atoms with E-state index in [-0.39, 0.29) is 19.6 Å². The quantitative estimate of drug-likeness (QED) is 0.473. The van der Waals surface area contributed by atoms with Crippen LogP contribution < -0.4 is 0 Å². The molecule has 0 saturated heterocycles. The first-order chi connectivity index (χ1) is 4.31. The van der Waals surface area contributed by atoms with E-state index in [9.17, 15) is 9.59 Å². The van der Waals surface area contributed by atoms with E-state index < -0.39 is 6.10 Å². The molecule has 0 aromatic heterocycles. The van der Waals surface area contributed by atoms with Crippen molar-refractivity contribution in [2.75, 3.05) is 6.61 Å². The number of hydrogen-bond donors (Lipinski definition) is 0. The minimum atomic E-state index is -0.604. The van der Waals surface area contributed by atoms with Crippen LogP contribution in [0.5, 0.6) is 0 Å². The van der Waals surface area contributed by atoms with Gasteiger partial charge in [-0.15, -0.1) is 0 Å². The summed E-state index contributed by atoms with van der Waals surface area (Å²) in [6.07, 6.45) is -0.604. The molecule has 0 rings (SSSR count). The highest BCUT2D eigenvalue weighted by molar-refractivity contribution is 5.38. The van der Waals surface area contributed by atoms with Crippen LogP contribution in [0.4, 0.5) is 0 Å². The molecule has 1 atom stereocenters. The van der Waals surface area contributed by atoms with E-state index in [2.05, 4.69) is 16.4 Å². The van der Waals surface area contributed by atoms with Crippen molar-refractivity contribution in [1.29, 1.82) is 0 Å². The lowest BCUT2D eigenvalue weighted by atomic mass is 10.4. The maximum atomic E-state index is 9.57. The summed E-state index contributed by atoms with van der Waals surface area (Å²) < 4.78 is 8.49. The van der Waals surface area contributed by atoms with E-state index in [4.69, 9.17) is 0 Å². The summed E-state index contributed by atoms with van der Waals surface area (Å²) in [5.41, 5.74) is 0. The molecule has 0 N–H and O–H groups in total. The van der Waals surface area contributed by atoms with Gasteiger partial charge in [-0.2, -0.15) is 0 Å². The van der Waals surface area contributed by atoms with Crippen molar-refractivity contribution in [2.45, 2.75) is 6.10 Å². The Morgan fingerprint density at radius 1 is 1.44 bits per heavy atom. The molecule has 0 spiro atoms. The summed E-state index contributed by atoms with van der Waals surface area (Å²) in [4.78, 5) is 19.1. The van der Waals surface area contributed by atoms with Gasteiger partial charge in [-0.1, -0.05) is 0 Å². The zero-order chi connectivity index (χ0) is 7.11. The topological polar surface area (TPSA) is 52.6 Å². The number of ether oxygens (including phenoxy) is 2. The molecule has 4 heteroatoms. The molecule has 0 aliphatic rings. The van der Waals surface area contributed by atoms with E-state index in [1.165, 1.54) is 0 Å². The van der Waals surface area contributed by atoms with Gasteiger partial charge in [0.25, 0.3) is 12.9 Å². The second-order valence-corrected chi connectivity index (χ2v) is 1.28. The fraction of sp³-hybridized carbons (Fsp3) is 0.400. The van der Waals surface area contributed by atoms with Gasteiger partial charge in [0.2, 0.25) is 0 Å². The van der Waals surface area contributed by atoms with Crippen molar-refractivity contribution in [3.8, 4) is 0 Å². The Labute approximate surface area is 52.7 Å². The molecule has 0 heterocycles. The maximum Gasteiger partial charge on any atom is 0.293 e. The van der Waals surface area contributed by atoms with Gasteiger partial charge >= 0.3 is 0 Å². The van der Waals surface area contributed by atoms with Crippen molar-refractivity contribution in [2.24, 2.45) is 0 Å². The predicted octanol–water partition coefficient (Wildman–Crippen LogP) is -0.465. The second kappa shape index (κ2) is 5.08. The number of rotatable bonds is 5. The lowest BCUT2D eigenvalue weighted by Gasteiger charge is -2.05. The molecule has 0 aromatic rings. The molecule has 0 saturated carbocycles. The van der Waals surface area contributed by atoms with Crippen molar-refractivity contribution in [3.05, 3.63) is 6.92 Å². The van der Waals surface area contributed by atoms with Crippen molar-refractivity contribution < 1.29 is 19.1 Å². The summed E-state index contributed by atoms with van der Waals surface area (Å²) >= 11 is 0. The lowest BCUT2D eigenvalue weighted by Crippen LogP contribution is -2.14. The highest BCUT2D eigenvalue weighted by Crippen LogP contribution is 1.85. The minimum Gasteiger partial charge on any atom is -0.464 e. The molecular weight excluding hydrogens is 124 g/mol. The van der Waals surface area contributed by atoms with Gasteiger partial charge in [0, 0.05) is 0 Å². The first kappa shape index (κ1) is 7.94. The van der Waals surface area contributed by atoms with Gasteiger partial charge < -0.3 is 9.47 Å². The Kier molecular flexibility index (Phi) is 4.49. The van der Waals surface area contributed by atoms with E-state index in [1.54, 1.807) is 0 Å². The fourth-order valence-electron chi connectivity index (χ4n) is 0.264. The van der Waals surface area contributed by atoms with Gasteiger partial charge in [-0.3, -0.25) is 9.59 Å². The molecule has 1 radical (unpaired) electrons. The van der Waals surface area contributed by atoms with Crippen LogP contribution in [0, 0.1) is 6.92 Å². The first-order valence-corrected chi connectivity index (χ1v) is 2.28. The van der Waals surface area contributed by atoms with Crippen LogP contribution in [0.1, 0.15) is 0 Å². The highest BCUT2D eigenvalue weighted by Gasteiger charge is 1.99. The zero-order valence-corrected chi connectivity index (χ0v) is 4.78. The summed E-state index contributed by atoms with van der Waals surface area (Å²) in [5.74, 6) is 0. The number of carbonyl (C=O) groups is 2. The zero-order valence-electron chi connectivity index (χ0n) is 4.78. The van der Waals surface area contributed by atoms with Crippen LogP contribution in [0.25, 0.3) is 0 Å². The molecule has 9 heavy (non-hydrogen) atoms. The first-order valence-electron chi connectivity index (χ1n) is 2.28. The predicted molar refractivity (Wildman–Crippen MR) is 28.3 cm³/mol. The smallest absolute Gasteiger partial charge is 0.293 e. The lowest BCUT2D eigenvalue weighted by molar-refractivity contribution is -0.140. The van der Waals surface area contributed by atoms with Crippen LogP contribution in [-0.2, 0) is 19.1 Å². The molecule has 51 valence electrons. The molecule has 0 amide bonds. The van der Waals surface area contributed by atoms with Gasteiger partial charge in [0.1, 0.15) is 12.7 Å². The average molecular weight is 131 g/mol.